The molecule has 3 N–H and O–H groups in total. The van der Waals surface area contributed by atoms with Crippen molar-refractivity contribution in [2.75, 3.05) is 6.54 Å². The van der Waals surface area contributed by atoms with Gasteiger partial charge in [-0.15, -0.1) is 0 Å². The third-order valence-corrected chi connectivity index (χ3v) is 4.73. The van der Waals surface area contributed by atoms with E-state index in [2.05, 4.69) is 17.2 Å². The van der Waals surface area contributed by atoms with Gasteiger partial charge < -0.3 is 5.73 Å². The van der Waals surface area contributed by atoms with Gasteiger partial charge in [0.1, 0.15) is 0 Å². The van der Waals surface area contributed by atoms with Crippen LogP contribution in [0, 0.1) is 5.92 Å². The first-order valence-corrected chi connectivity index (χ1v) is 8.99. The molecule has 1 saturated heterocycles. The minimum absolute atomic E-state index is 0.0245. The Morgan fingerprint density at radius 1 is 1.21 bits per heavy atom. The number of imide groups is 2. The maximum Gasteiger partial charge on any atom is 0.330 e. The van der Waals surface area contributed by atoms with Crippen LogP contribution in [-0.2, 0) is 9.59 Å². The molecule has 0 radical (unpaired) electrons. The third kappa shape index (κ3) is 4.63. The summed E-state index contributed by atoms with van der Waals surface area (Å²) in [6.45, 7) is 2.44. The SMILES string of the molecule is CCCCCCN1C(=O)NC(=O)[C@@H](C=N[C@H]2CCCC[C@@H]2N)C1=O. The first-order chi connectivity index (χ1) is 11.5. The number of nitrogens with one attached hydrogen (secondary N) is 1. The molecule has 2 aliphatic rings. The molecule has 0 aromatic heterocycles. The molecule has 0 bridgehead atoms. The molecule has 7 nitrogen and oxygen atoms in total. The van der Waals surface area contributed by atoms with Crippen LogP contribution in [0.15, 0.2) is 4.99 Å². The number of barbiturate groups is 1. The first kappa shape index (κ1) is 18.6. The van der Waals surface area contributed by atoms with Crippen molar-refractivity contribution in [3.63, 3.8) is 0 Å². The number of urea groups is 1. The molecule has 3 atom stereocenters. The van der Waals surface area contributed by atoms with Gasteiger partial charge in [0.2, 0.25) is 11.8 Å². The molecular weight excluding hydrogens is 308 g/mol. The van der Waals surface area contributed by atoms with Crippen molar-refractivity contribution in [2.45, 2.75) is 70.4 Å². The zero-order valence-electron chi connectivity index (χ0n) is 14.4. The fourth-order valence-electron chi connectivity index (χ4n) is 3.19. The molecule has 134 valence electrons. The van der Waals surface area contributed by atoms with Crippen LogP contribution in [0.1, 0.15) is 58.3 Å². The van der Waals surface area contributed by atoms with Gasteiger partial charge in [0.05, 0.1) is 6.04 Å². The van der Waals surface area contributed by atoms with Gasteiger partial charge in [-0.1, -0.05) is 39.0 Å². The molecule has 1 aliphatic carbocycles. The van der Waals surface area contributed by atoms with Crippen LogP contribution < -0.4 is 11.1 Å². The van der Waals surface area contributed by atoms with Crippen LogP contribution in [0.2, 0.25) is 0 Å². The Morgan fingerprint density at radius 3 is 2.67 bits per heavy atom. The molecule has 1 saturated carbocycles. The fourth-order valence-corrected chi connectivity index (χ4v) is 3.19. The van der Waals surface area contributed by atoms with Gasteiger partial charge >= 0.3 is 6.03 Å². The van der Waals surface area contributed by atoms with E-state index in [9.17, 15) is 14.4 Å². The number of nitrogens with two attached hydrogens (primary N) is 1. The summed E-state index contributed by atoms with van der Waals surface area (Å²) >= 11 is 0. The highest BCUT2D eigenvalue weighted by Gasteiger charge is 2.39. The Balaban J connectivity index is 1.98. The molecule has 24 heavy (non-hydrogen) atoms. The lowest BCUT2D eigenvalue weighted by Gasteiger charge is -2.29. The van der Waals surface area contributed by atoms with E-state index < -0.39 is 23.8 Å². The molecule has 2 fully saturated rings. The van der Waals surface area contributed by atoms with Crippen molar-refractivity contribution >= 4 is 24.1 Å². The lowest BCUT2D eigenvalue weighted by molar-refractivity contribution is -0.139. The van der Waals surface area contributed by atoms with Crippen LogP contribution in [0.5, 0.6) is 0 Å². The van der Waals surface area contributed by atoms with E-state index in [4.69, 9.17) is 5.73 Å². The highest BCUT2D eigenvalue weighted by Crippen LogP contribution is 2.20. The predicted molar refractivity (Wildman–Crippen MR) is 91.6 cm³/mol. The zero-order chi connectivity index (χ0) is 17.5. The second kappa shape index (κ2) is 8.92. The van der Waals surface area contributed by atoms with Gasteiger partial charge in [-0.05, 0) is 19.3 Å². The highest BCUT2D eigenvalue weighted by atomic mass is 16.2. The van der Waals surface area contributed by atoms with Gasteiger partial charge in [0, 0.05) is 18.8 Å². The van der Waals surface area contributed by atoms with Crippen LogP contribution in [0.3, 0.4) is 0 Å². The lowest BCUT2D eigenvalue weighted by Crippen LogP contribution is -2.58. The summed E-state index contributed by atoms with van der Waals surface area (Å²) in [6.07, 6.45) is 9.17. The Hall–Kier alpha value is -1.76. The zero-order valence-corrected chi connectivity index (χ0v) is 14.4. The minimum Gasteiger partial charge on any atom is -0.326 e. The number of rotatable bonds is 7. The van der Waals surface area contributed by atoms with Gasteiger partial charge in [0.25, 0.3) is 0 Å². The molecule has 0 spiro atoms. The number of carbonyl (C=O) groups excluding carboxylic acids is 3. The van der Waals surface area contributed by atoms with Crippen molar-refractivity contribution in [2.24, 2.45) is 16.6 Å². The molecule has 0 unspecified atom stereocenters. The highest BCUT2D eigenvalue weighted by molar-refractivity contribution is 6.23. The maximum absolute atomic E-state index is 12.5. The number of aliphatic imine (C=N–C) groups is 1. The standard InChI is InChI=1S/C17H28N4O3/c1-2-3-4-7-10-21-16(23)12(15(22)20-17(21)24)11-19-14-9-6-5-8-13(14)18/h11-14H,2-10,18H2,1H3,(H,20,22,24)/t12-,13+,14+/m1/s1. The Morgan fingerprint density at radius 2 is 1.96 bits per heavy atom. The molecule has 0 aromatic rings. The summed E-state index contributed by atoms with van der Waals surface area (Å²) in [7, 11) is 0. The summed E-state index contributed by atoms with van der Waals surface area (Å²) in [4.78, 5) is 41.9. The monoisotopic (exact) mass is 336 g/mol. The normalized spacial score (nSPS) is 28.5. The van der Waals surface area contributed by atoms with Crippen molar-refractivity contribution in [1.29, 1.82) is 0 Å². The van der Waals surface area contributed by atoms with Gasteiger partial charge in [-0.2, -0.15) is 0 Å². The van der Waals surface area contributed by atoms with E-state index in [0.717, 1.165) is 56.3 Å². The average molecular weight is 336 g/mol. The number of hydrogen-bond acceptors (Lipinski definition) is 5. The van der Waals surface area contributed by atoms with Crippen molar-refractivity contribution in [1.82, 2.24) is 10.2 Å². The number of unbranched alkanes of at least 4 members (excludes halogenated alkanes) is 3. The van der Waals surface area contributed by atoms with E-state index in [1.54, 1.807) is 0 Å². The van der Waals surface area contributed by atoms with E-state index in [0.29, 0.717) is 6.54 Å². The van der Waals surface area contributed by atoms with Crippen LogP contribution in [0.4, 0.5) is 4.79 Å². The number of nitrogens with zero attached hydrogens (tertiary/aromatic N) is 2. The summed E-state index contributed by atoms with van der Waals surface area (Å²) in [5.41, 5.74) is 6.04. The summed E-state index contributed by atoms with van der Waals surface area (Å²) in [5, 5.41) is 2.25. The fraction of sp³-hybridized carbons (Fsp3) is 0.765. The summed E-state index contributed by atoms with van der Waals surface area (Å²) in [5.74, 6) is -2.10. The molecule has 1 aliphatic heterocycles. The van der Waals surface area contributed by atoms with Gasteiger partial charge in [-0.25, -0.2) is 4.79 Å². The Kier molecular flexibility index (Phi) is 6.90. The summed E-state index contributed by atoms with van der Waals surface area (Å²) < 4.78 is 0. The number of amides is 4. The van der Waals surface area contributed by atoms with E-state index in [1.165, 1.54) is 6.21 Å². The van der Waals surface area contributed by atoms with Gasteiger partial charge in [0.15, 0.2) is 5.92 Å². The molecule has 7 heteroatoms. The first-order valence-electron chi connectivity index (χ1n) is 8.99. The second-order valence-electron chi connectivity index (χ2n) is 6.64. The predicted octanol–water partition coefficient (Wildman–Crippen LogP) is 1.60. The van der Waals surface area contributed by atoms with E-state index in [-0.39, 0.29) is 12.1 Å². The van der Waals surface area contributed by atoms with E-state index in [1.807, 2.05) is 0 Å². The lowest BCUT2D eigenvalue weighted by atomic mass is 9.91. The van der Waals surface area contributed by atoms with Crippen LogP contribution in [0.25, 0.3) is 0 Å². The molecule has 2 rings (SSSR count). The number of hydrogen-bond donors (Lipinski definition) is 2. The maximum atomic E-state index is 12.5. The topological polar surface area (TPSA) is 105 Å². The van der Waals surface area contributed by atoms with Crippen LogP contribution in [-0.4, -0.2) is 47.6 Å². The van der Waals surface area contributed by atoms with Crippen molar-refractivity contribution < 1.29 is 14.4 Å². The second-order valence-corrected chi connectivity index (χ2v) is 6.64. The number of carbonyl (C=O) groups is 3. The minimum atomic E-state index is -1.02. The van der Waals surface area contributed by atoms with Gasteiger partial charge in [-0.3, -0.25) is 24.8 Å². The quantitative estimate of drug-likeness (QED) is 0.418. The molecular formula is C17H28N4O3. The van der Waals surface area contributed by atoms with Crippen LogP contribution >= 0.6 is 0 Å². The Labute approximate surface area is 143 Å². The summed E-state index contributed by atoms with van der Waals surface area (Å²) in [6, 6.07) is -0.695. The largest absolute Gasteiger partial charge is 0.330 e. The molecule has 0 aromatic carbocycles. The van der Waals surface area contributed by atoms with Crippen molar-refractivity contribution in [3.8, 4) is 0 Å². The third-order valence-electron chi connectivity index (χ3n) is 4.73. The van der Waals surface area contributed by atoms with E-state index >= 15 is 0 Å². The molecule has 4 amide bonds. The Bertz CT molecular complexity index is 506. The van der Waals surface area contributed by atoms with Crippen molar-refractivity contribution in [3.05, 3.63) is 0 Å². The smallest absolute Gasteiger partial charge is 0.326 e. The average Bonchev–Trinajstić information content (AvgIpc) is 2.55. The molecule has 1 heterocycles.